The Hall–Kier alpha value is -1.89. The van der Waals surface area contributed by atoms with Gasteiger partial charge in [-0.25, -0.2) is 4.39 Å². The van der Waals surface area contributed by atoms with E-state index in [-0.39, 0.29) is 37.4 Å². The molecule has 1 aliphatic carbocycles. The molecule has 6 heteroatoms. The second-order valence-corrected chi connectivity index (χ2v) is 7.47. The minimum absolute atomic E-state index is 0.00790. The Bertz CT molecular complexity index is 639. The predicted octanol–water partition coefficient (Wildman–Crippen LogP) is 2.73. The first-order valence-corrected chi connectivity index (χ1v) is 9.96. The first-order chi connectivity index (χ1) is 13.3. The second-order valence-electron chi connectivity index (χ2n) is 7.47. The normalized spacial score (nSPS) is 25.8. The van der Waals surface area contributed by atoms with Crippen molar-refractivity contribution in [1.82, 2.24) is 0 Å². The lowest BCUT2D eigenvalue weighted by Crippen LogP contribution is -2.23. The van der Waals surface area contributed by atoms with Crippen LogP contribution in [0.5, 0.6) is 0 Å². The zero-order chi connectivity index (χ0) is 21.1. The van der Waals surface area contributed by atoms with Gasteiger partial charge in [0.1, 0.15) is 18.1 Å². The van der Waals surface area contributed by atoms with Crippen LogP contribution >= 0.6 is 0 Å². The largest absolute Gasteiger partial charge is 0.481 e. The molecule has 0 aromatic heterocycles. The molecule has 0 amide bonds. The topological polar surface area (TPSA) is 94.8 Å². The fourth-order valence-electron chi connectivity index (χ4n) is 3.28. The van der Waals surface area contributed by atoms with Crippen molar-refractivity contribution in [3.63, 3.8) is 0 Å². The summed E-state index contributed by atoms with van der Waals surface area (Å²) in [6.45, 7) is 3.77. The molecule has 5 nitrogen and oxygen atoms in total. The van der Waals surface area contributed by atoms with E-state index >= 15 is 0 Å². The molecule has 1 saturated carbocycles. The quantitative estimate of drug-likeness (QED) is 0.413. The number of carbonyl (C=O) groups excluding carboxylic acids is 1. The number of unbranched alkanes of at least 4 members (excludes halogenated alkanes) is 1. The van der Waals surface area contributed by atoms with Gasteiger partial charge in [-0.2, -0.15) is 0 Å². The van der Waals surface area contributed by atoms with Crippen LogP contribution < -0.4 is 0 Å². The van der Waals surface area contributed by atoms with Crippen LogP contribution in [0, 0.1) is 41.4 Å². The van der Waals surface area contributed by atoms with Crippen LogP contribution in [-0.4, -0.2) is 45.5 Å². The lowest BCUT2D eigenvalue weighted by molar-refractivity contribution is -0.137. The highest BCUT2D eigenvalue weighted by molar-refractivity contribution is 5.78. The summed E-state index contributed by atoms with van der Waals surface area (Å²) in [5, 5.41) is 28.9. The van der Waals surface area contributed by atoms with Gasteiger partial charge in [0.2, 0.25) is 0 Å². The Morgan fingerprint density at radius 1 is 1.21 bits per heavy atom. The van der Waals surface area contributed by atoms with Gasteiger partial charge in [0, 0.05) is 50.4 Å². The molecule has 3 N–H and O–H groups in total. The Morgan fingerprint density at radius 3 is 2.54 bits per heavy atom. The molecular weight excluding hydrogens is 363 g/mol. The molecule has 0 unspecified atom stereocenters. The number of rotatable bonds is 9. The number of hydrogen-bond acceptors (Lipinski definition) is 4. The highest BCUT2D eigenvalue weighted by Crippen LogP contribution is 2.37. The molecular formula is C22H31FO5. The minimum atomic E-state index is -1.32. The standard InChI is InChI=1S/C22H31FO5/c1-3-4-5-8-15(2)20(25)12-11-17-18(19(23)14-21(17)26)13-16(24)9-6-7-10-22(27)28/h15,17-21,25-26H,3,6-10,13-14H2,1-2H3,(H,27,28)/t15-,17+,18+,19+,20+,21+/m0/s1. The van der Waals surface area contributed by atoms with Gasteiger partial charge in [0.15, 0.2) is 0 Å². The molecule has 1 rings (SSSR count). The van der Waals surface area contributed by atoms with Gasteiger partial charge in [-0.1, -0.05) is 25.7 Å². The molecule has 28 heavy (non-hydrogen) atoms. The zero-order valence-corrected chi connectivity index (χ0v) is 16.7. The minimum Gasteiger partial charge on any atom is -0.481 e. The number of carbonyl (C=O) groups is 2. The van der Waals surface area contributed by atoms with Gasteiger partial charge in [0.05, 0.1) is 12.0 Å². The SMILES string of the molecule is CCC#CC[C@H](C)[C@H](O)C#C[C@@H]1[C@@H](CC(=O)CCCCC(=O)O)[C@H](F)C[C@H]1O. The predicted molar refractivity (Wildman–Crippen MR) is 104 cm³/mol. The number of Topliss-reactive ketones (excluding diaryl/α,β-unsaturated/α-hetero) is 1. The van der Waals surface area contributed by atoms with E-state index < -0.39 is 36.2 Å². The van der Waals surface area contributed by atoms with E-state index in [4.69, 9.17) is 5.11 Å². The van der Waals surface area contributed by atoms with Gasteiger partial charge < -0.3 is 15.3 Å². The molecule has 0 aromatic carbocycles. The lowest BCUT2D eigenvalue weighted by atomic mass is 9.88. The molecule has 0 radical (unpaired) electrons. The van der Waals surface area contributed by atoms with Crippen molar-refractivity contribution >= 4 is 11.8 Å². The maximum atomic E-state index is 14.3. The maximum Gasteiger partial charge on any atom is 0.303 e. The number of carboxylic acids is 1. The molecule has 0 saturated heterocycles. The molecule has 1 aliphatic rings. The van der Waals surface area contributed by atoms with E-state index in [1.54, 1.807) is 0 Å². The van der Waals surface area contributed by atoms with E-state index in [0.717, 1.165) is 6.42 Å². The van der Waals surface area contributed by atoms with Gasteiger partial charge >= 0.3 is 5.97 Å². The van der Waals surface area contributed by atoms with E-state index in [0.29, 0.717) is 19.3 Å². The summed E-state index contributed by atoms with van der Waals surface area (Å²) in [4.78, 5) is 22.6. The number of aliphatic hydroxyl groups is 2. The van der Waals surface area contributed by atoms with E-state index in [9.17, 15) is 24.2 Å². The summed E-state index contributed by atoms with van der Waals surface area (Å²) in [7, 11) is 0. The third-order valence-corrected chi connectivity index (χ3v) is 5.03. The third-order valence-electron chi connectivity index (χ3n) is 5.03. The summed E-state index contributed by atoms with van der Waals surface area (Å²) < 4.78 is 14.3. The molecule has 156 valence electrons. The van der Waals surface area contributed by atoms with Crippen LogP contribution in [0.4, 0.5) is 4.39 Å². The Kier molecular flexibility index (Phi) is 10.8. The average Bonchev–Trinajstić information content (AvgIpc) is 2.89. The number of ketones is 1. The number of aliphatic hydroxyl groups excluding tert-OH is 2. The summed E-state index contributed by atoms with van der Waals surface area (Å²) in [5.41, 5.74) is 0. The van der Waals surface area contributed by atoms with Gasteiger partial charge in [-0.3, -0.25) is 9.59 Å². The first kappa shape index (κ1) is 24.1. The van der Waals surface area contributed by atoms with Crippen molar-refractivity contribution in [2.75, 3.05) is 0 Å². The van der Waals surface area contributed by atoms with Gasteiger partial charge in [-0.05, 0) is 12.8 Å². The van der Waals surface area contributed by atoms with Gasteiger partial charge in [-0.15, -0.1) is 11.8 Å². The first-order valence-electron chi connectivity index (χ1n) is 9.96. The molecule has 0 spiro atoms. The fourth-order valence-corrected chi connectivity index (χ4v) is 3.28. The summed E-state index contributed by atoms with van der Waals surface area (Å²) >= 11 is 0. The van der Waals surface area contributed by atoms with Crippen LogP contribution in [0.1, 0.15) is 65.2 Å². The van der Waals surface area contributed by atoms with Crippen molar-refractivity contribution in [2.24, 2.45) is 17.8 Å². The lowest BCUT2D eigenvalue weighted by Gasteiger charge is -2.18. The molecule has 0 heterocycles. The van der Waals surface area contributed by atoms with Crippen molar-refractivity contribution in [3.8, 4) is 23.7 Å². The van der Waals surface area contributed by atoms with Crippen molar-refractivity contribution < 1.29 is 29.3 Å². The Balaban J connectivity index is 2.63. The van der Waals surface area contributed by atoms with Crippen molar-refractivity contribution in [1.29, 1.82) is 0 Å². The fraction of sp³-hybridized carbons (Fsp3) is 0.727. The number of carboxylic acid groups (broad SMARTS) is 1. The van der Waals surface area contributed by atoms with Crippen LogP contribution in [0.3, 0.4) is 0 Å². The number of alkyl halides is 1. The summed E-state index contributed by atoms with van der Waals surface area (Å²) in [5.74, 6) is 8.78. The number of hydrogen-bond donors (Lipinski definition) is 3. The third kappa shape index (κ3) is 8.42. The highest BCUT2D eigenvalue weighted by atomic mass is 19.1. The molecule has 1 fully saturated rings. The van der Waals surface area contributed by atoms with Crippen LogP contribution in [0.2, 0.25) is 0 Å². The monoisotopic (exact) mass is 394 g/mol. The van der Waals surface area contributed by atoms with E-state index in [1.807, 2.05) is 13.8 Å². The van der Waals surface area contributed by atoms with Crippen LogP contribution in [0.15, 0.2) is 0 Å². The zero-order valence-electron chi connectivity index (χ0n) is 16.7. The van der Waals surface area contributed by atoms with Gasteiger partial charge in [0.25, 0.3) is 0 Å². The van der Waals surface area contributed by atoms with E-state index in [1.165, 1.54) is 0 Å². The van der Waals surface area contributed by atoms with Crippen molar-refractivity contribution in [3.05, 3.63) is 0 Å². The summed E-state index contributed by atoms with van der Waals surface area (Å²) in [6.07, 6.45) is -1.00. The maximum absolute atomic E-state index is 14.3. The molecule has 0 aromatic rings. The number of halogens is 1. The molecule has 6 atom stereocenters. The molecule has 0 bridgehead atoms. The second kappa shape index (κ2) is 12.5. The number of aliphatic carboxylic acids is 1. The molecule has 0 aliphatic heterocycles. The highest BCUT2D eigenvalue weighted by Gasteiger charge is 2.42. The van der Waals surface area contributed by atoms with Crippen LogP contribution in [-0.2, 0) is 9.59 Å². The van der Waals surface area contributed by atoms with Crippen LogP contribution in [0.25, 0.3) is 0 Å². The van der Waals surface area contributed by atoms with E-state index in [2.05, 4.69) is 23.7 Å². The van der Waals surface area contributed by atoms with Crippen molar-refractivity contribution in [2.45, 2.75) is 83.6 Å². The Morgan fingerprint density at radius 2 is 1.89 bits per heavy atom. The summed E-state index contributed by atoms with van der Waals surface area (Å²) in [6, 6.07) is 0. The average molecular weight is 394 g/mol. The Labute approximate surface area is 166 Å². The smallest absolute Gasteiger partial charge is 0.303 e.